The van der Waals surface area contributed by atoms with E-state index >= 15 is 0 Å². The smallest absolute Gasteiger partial charge is 0.226 e. The minimum absolute atomic E-state index is 0.158. The monoisotopic (exact) mass is 399 g/mol. The highest BCUT2D eigenvalue weighted by atomic mass is 16.3. The van der Waals surface area contributed by atoms with Gasteiger partial charge in [0, 0.05) is 12.5 Å². The van der Waals surface area contributed by atoms with Crippen LogP contribution in [0.5, 0.6) is 0 Å². The largest absolute Gasteiger partial charge is 0.391 e. The number of likely N-dealkylation sites (tertiary alicyclic amines) is 1. The molecule has 3 heteroatoms. The zero-order valence-electron chi connectivity index (χ0n) is 17.2. The molecule has 3 atom stereocenters. The van der Waals surface area contributed by atoms with Crippen LogP contribution in [0.1, 0.15) is 29.5 Å². The van der Waals surface area contributed by atoms with Crippen LogP contribution in [-0.2, 0) is 24.2 Å². The molecule has 1 heterocycles. The van der Waals surface area contributed by atoms with Gasteiger partial charge >= 0.3 is 0 Å². The van der Waals surface area contributed by atoms with Crippen molar-refractivity contribution < 1.29 is 9.90 Å². The Morgan fingerprint density at radius 1 is 0.767 bits per heavy atom. The van der Waals surface area contributed by atoms with Gasteiger partial charge in [-0.15, -0.1) is 0 Å². The molecule has 154 valence electrons. The Labute approximate surface area is 179 Å². The summed E-state index contributed by atoms with van der Waals surface area (Å²) in [5.41, 5.74) is 3.48. The maximum Gasteiger partial charge on any atom is 0.226 e. The predicted molar refractivity (Wildman–Crippen MR) is 120 cm³/mol. The topological polar surface area (TPSA) is 40.5 Å². The first-order valence-corrected chi connectivity index (χ1v) is 10.8. The highest BCUT2D eigenvalue weighted by molar-refractivity contribution is 5.80. The standard InChI is InChI=1S/C27H29NO2/c29-26-19-24(18-22-12-6-2-7-13-22)27(30)28(20-23-14-8-3-9-15-23)25(26)17-16-21-10-4-1-5-11-21/h1-15,24-26,29H,16-20H2/t24-,25-,26+/m1/s1. The number of carbonyl (C=O) groups excluding carboxylic acids is 1. The first kappa shape index (κ1) is 20.4. The van der Waals surface area contributed by atoms with Crippen molar-refractivity contribution in [1.29, 1.82) is 0 Å². The molecule has 30 heavy (non-hydrogen) atoms. The molecular weight excluding hydrogens is 370 g/mol. The molecule has 4 rings (SSSR count). The van der Waals surface area contributed by atoms with E-state index in [0.29, 0.717) is 19.4 Å². The molecule has 1 fully saturated rings. The molecule has 0 saturated carbocycles. The Bertz CT molecular complexity index is 927. The lowest BCUT2D eigenvalue weighted by Crippen LogP contribution is -2.55. The molecule has 1 aliphatic heterocycles. The van der Waals surface area contributed by atoms with E-state index in [0.717, 1.165) is 24.0 Å². The molecule has 3 nitrogen and oxygen atoms in total. The number of rotatable bonds is 7. The third-order valence-electron chi connectivity index (χ3n) is 6.10. The molecule has 0 spiro atoms. The summed E-state index contributed by atoms with van der Waals surface area (Å²) in [5.74, 6) is -0.0230. The van der Waals surface area contributed by atoms with Crippen molar-refractivity contribution in [2.45, 2.75) is 44.4 Å². The molecule has 1 aliphatic rings. The number of aliphatic hydroxyl groups is 1. The lowest BCUT2D eigenvalue weighted by Gasteiger charge is -2.43. The number of aliphatic hydroxyl groups excluding tert-OH is 1. The first-order valence-electron chi connectivity index (χ1n) is 10.8. The van der Waals surface area contributed by atoms with Crippen molar-refractivity contribution in [3.63, 3.8) is 0 Å². The lowest BCUT2D eigenvalue weighted by atomic mass is 9.83. The molecule has 1 amide bonds. The third kappa shape index (κ3) is 4.98. The summed E-state index contributed by atoms with van der Waals surface area (Å²) >= 11 is 0. The Kier molecular flexibility index (Phi) is 6.60. The second kappa shape index (κ2) is 9.73. The zero-order valence-corrected chi connectivity index (χ0v) is 17.2. The maximum absolute atomic E-state index is 13.5. The van der Waals surface area contributed by atoms with Gasteiger partial charge in [-0.2, -0.15) is 0 Å². The molecule has 0 unspecified atom stereocenters. The summed E-state index contributed by atoms with van der Waals surface area (Å²) in [4.78, 5) is 15.4. The van der Waals surface area contributed by atoms with E-state index in [1.165, 1.54) is 5.56 Å². The number of aryl methyl sites for hydroxylation is 1. The van der Waals surface area contributed by atoms with Crippen LogP contribution in [0.2, 0.25) is 0 Å². The van der Waals surface area contributed by atoms with Crippen LogP contribution in [0.15, 0.2) is 91.0 Å². The van der Waals surface area contributed by atoms with Gasteiger partial charge in [-0.05, 0) is 42.4 Å². The summed E-state index contributed by atoms with van der Waals surface area (Å²) in [6, 6.07) is 30.3. The zero-order chi connectivity index (χ0) is 20.8. The number of piperidine rings is 1. The highest BCUT2D eigenvalue weighted by Crippen LogP contribution is 2.30. The van der Waals surface area contributed by atoms with Gasteiger partial charge in [0.2, 0.25) is 5.91 Å². The average Bonchev–Trinajstić information content (AvgIpc) is 2.79. The Morgan fingerprint density at radius 2 is 1.30 bits per heavy atom. The van der Waals surface area contributed by atoms with E-state index in [9.17, 15) is 9.90 Å². The Balaban J connectivity index is 1.54. The van der Waals surface area contributed by atoms with Crippen molar-refractivity contribution in [1.82, 2.24) is 4.90 Å². The summed E-state index contributed by atoms with van der Waals surface area (Å²) in [6.07, 6.45) is 2.31. The van der Waals surface area contributed by atoms with Gasteiger partial charge in [0.05, 0.1) is 12.1 Å². The molecule has 1 saturated heterocycles. The highest BCUT2D eigenvalue weighted by Gasteiger charge is 2.40. The van der Waals surface area contributed by atoms with Crippen LogP contribution in [0.25, 0.3) is 0 Å². The second-order valence-corrected chi connectivity index (χ2v) is 8.23. The lowest BCUT2D eigenvalue weighted by molar-refractivity contribution is -0.150. The van der Waals surface area contributed by atoms with Gasteiger partial charge < -0.3 is 10.0 Å². The van der Waals surface area contributed by atoms with Gasteiger partial charge in [-0.25, -0.2) is 0 Å². The number of benzene rings is 3. The van der Waals surface area contributed by atoms with E-state index in [-0.39, 0.29) is 17.9 Å². The predicted octanol–water partition coefficient (Wildman–Crippen LogP) is 4.64. The van der Waals surface area contributed by atoms with Crippen LogP contribution >= 0.6 is 0 Å². The van der Waals surface area contributed by atoms with Crippen LogP contribution in [0.3, 0.4) is 0 Å². The van der Waals surface area contributed by atoms with E-state index in [4.69, 9.17) is 0 Å². The van der Waals surface area contributed by atoms with Gasteiger partial charge in [-0.1, -0.05) is 91.0 Å². The molecule has 0 radical (unpaired) electrons. The van der Waals surface area contributed by atoms with Crippen LogP contribution in [0.4, 0.5) is 0 Å². The number of hydrogen-bond acceptors (Lipinski definition) is 2. The number of nitrogens with zero attached hydrogens (tertiary/aromatic N) is 1. The van der Waals surface area contributed by atoms with E-state index in [1.54, 1.807) is 0 Å². The van der Waals surface area contributed by atoms with Gasteiger partial charge in [-0.3, -0.25) is 4.79 Å². The minimum atomic E-state index is -0.510. The fourth-order valence-corrected chi connectivity index (χ4v) is 4.51. The molecule has 3 aromatic carbocycles. The molecule has 1 N–H and O–H groups in total. The van der Waals surface area contributed by atoms with Gasteiger partial charge in [0.25, 0.3) is 0 Å². The van der Waals surface area contributed by atoms with Crippen molar-refractivity contribution in [3.8, 4) is 0 Å². The van der Waals surface area contributed by atoms with Crippen LogP contribution < -0.4 is 0 Å². The fourth-order valence-electron chi connectivity index (χ4n) is 4.51. The van der Waals surface area contributed by atoms with E-state index < -0.39 is 6.10 Å². The quantitative estimate of drug-likeness (QED) is 0.629. The van der Waals surface area contributed by atoms with E-state index in [1.807, 2.05) is 59.5 Å². The fraction of sp³-hybridized carbons (Fsp3) is 0.296. The number of carbonyl (C=O) groups is 1. The summed E-state index contributed by atoms with van der Waals surface area (Å²) in [7, 11) is 0. The van der Waals surface area contributed by atoms with Gasteiger partial charge in [0.1, 0.15) is 0 Å². The normalized spacial score (nSPS) is 21.6. The first-order chi connectivity index (χ1) is 14.7. The SMILES string of the molecule is O=C1[C@H](Cc2ccccc2)C[C@H](O)[C@@H](CCc2ccccc2)N1Cc1ccccc1. The molecular formula is C27H29NO2. The number of hydrogen-bond donors (Lipinski definition) is 1. The summed E-state index contributed by atoms with van der Waals surface area (Å²) in [6.45, 7) is 0.543. The summed E-state index contributed by atoms with van der Waals surface area (Å²) < 4.78 is 0. The molecule has 0 bridgehead atoms. The minimum Gasteiger partial charge on any atom is -0.391 e. The van der Waals surface area contributed by atoms with Crippen LogP contribution in [-0.4, -0.2) is 28.1 Å². The van der Waals surface area contributed by atoms with Crippen molar-refractivity contribution >= 4 is 5.91 Å². The molecule has 3 aromatic rings. The maximum atomic E-state index is 13.5. The van der Waals surface area contributed by atoms with Gasteiger partial charge in [0.15, 0.2) is 0 Å². The van der Waals surface area contributed by atoms with Crippen LogP contribution in [0, 0.1) is 5.92 Å². The third-order valence-corrected chi connectivity index (χ3v) is 6.10. The molecule has 0 aromatic heterocycles. The Hall–Kier alpha value is -2.91. The number of amides is 1. The molecule has 0 aliphatic carbocycles. The van der Waals surface area contributed by atoms with Crippen molar-refractivity contribution in [2.24, 2.45) is 5.92 Å². The van der Waals surface area contributed by atoms with Crippen molar-refractivity contribution in [3.05, 3.63) is 108 Å². The van der Waals surface area contributed by atoms with Crippen molar-refractivity contribution in [2.75, 3.05) is 0 Å². The Morgan fingerprint density at radius 3 is 1.90 bits per heavy atom. The summed E-state index contributed by atoms with van der Waals surface area (Å²) in [5, 5.41) is 11.1. The second-order valence-electron chi connectivity index (χ2n) is 8.23. The van der Waals surface area contributed by atoms with E-state index in [2.05, 4.69) is 36.4 Å². The average molecular weight is 400 g/mol.